The van der Waals surface area contributed by atoms with Crippen molar-refractivity contribution in [1.82, 2.24) is 5.43 Å². The molecule has 1 atom stereocenters. The van der Waals surface area contributed by atoms with Crippen molar-refractivity contribution >= 4 is 92.9 Å². The van der Waals surface area contributed by atoms with E-state index in [1.54, 1.807) is 24.3 Å². The lowest BCUT2D eigenvalue weighted by atomic mass is 10.1. The lowest BCUT2D eigenvalue weighted by Crippen LogP contribution is -2.36. The number of aliphatic imine (C=N–C) groups is 1. The highest BCUT2D eigenvalue weighted by atomic mass is 35.5. The van der Waals surface area contributed by atoms with Gasteiger partial charge in [-0.25, -0.2) is 10.0 Å². The third-order valence-electron chi connectivity index (χ3n) is 6.56. The van der Waals surface area contributed by atoms with Crippen LogP contribution in [0.15, 0.2) is 82.7 Å². The van der Waals surface area contributed by atoms with Crippen LogP contribution in [0.3, 0.4) is 0 Å². The summed E-state index contributed by atoms with van der Waals surface area (Å²) >= 11 is 26.8. The predicted octanol–water partition coefficient (Wildman–Crippen LogP) is 8.99. The van der Waals surface area contributed by atoms with Gasteiger partial charge in [-0.1, -0.05) is 82.3 Å². The van der Waals surface area contributed by atoms with Crippen LogP contribution < -0.4 is 20.5 Å². The van der Waals surface area contributed by atoms with Crippen LogP contribution >= 0.6 is 58.2 Å². The largest absolute Gasteiger partial charge is 0.483 e. The number of ether oxygens (including phenoxy) is 1. The molecule has 44 heavy (non-hydrogen) atoms. The normalized spacial score (nSPS) is 15.4. The highest BCUT2D eigenvalue weighted by molar-refractivity contribution is 8.01. The lowest BCUT2D eigenvalue weighted by molar-refractivity contribution is -0.118. The minimum atomic E-state index is -0.876. The molecule has 5 rings (SSSR count). The van der Waals surface area contributed by atoms with Gasteiger partial charge in [-0.3, -0.25) is 15.0 Å². The molecule has 0 bridgehead atoms. The molecule has 2 N–H and O–H groups in total. The minimum absolute atomic E-state index is 0.179. The summed E-state index contributed by atoms with van der Waals surface area (Å²) in [6.07, 6.45) is 0. The molecule has 1 aliphatic heterocycles. The number of hydrogen-bond donors (Lipinski definition) is 2. The average molecular weight is 688 g/mol. The first kappa shape index (κ1) is 32.0. The summed E-state index contributed by atoms with van der Waals surface area (Å²) < 4.78 is 5.76. The van der Waals surface area contributed by atoms with Gasteiger partial charge in [-0.2, -0.15) is 0 Å². The number of thioether (sulfide) groups is 1. The van der Waals surface area contributed by atoms with Crippen molar-refractivity contribution in [3.8, 4) is 5.75 Å². The molecule has 4 aromatic carbocycles. The maximum atomic E-state index is 14.0. The summed E-state index contributed by atoms with van der Waals surface area (Å²) in [6.45, 7) is 5.65. The Labute approximate surface area is 279 Å². The van der Waals surface area contributed by atoms with Crippen molar-refractivity contribution < 1.29 is 14.3 Å². The zero-order valence-electron chi connectivity index (χ0n) is 23.8. The number of hydrogen-bond acceptors (Lipinski definition) is 5. The smallest absolute Gasteiger partial charge is 0.267 e. The molecule has 12 heteroatoms. The SMILES string of the molecule is Cc1ccc(OCC(=O)Nc2ccccc2SC2C(=O)N(c3c(Cl)cc(Cl)cc3Cl)NC2=Nc2cc(C)ccc2Cl)c(C)c1. The van der Waals surface area contributed by atoms with E-state index in [9.17, 15) is 9.59 Å². The first-order chi connectivity index (χ1) is 21.0. The summed E-state index contributed by atoms with van der Waals surface area (Å²) in [5, 5.41) is 4.38. The van der Waals surface area contributed by atoms with Crippen LogP contribution in [-0.2, 0) is 9.59 Å². The molecular formula is C32H26Cl4N4O3S. The summed E-state index contributed by atoms with van der Waals surface area (Å²) in [7, 11) is 0. The number of nitrogens with zero attached hydrogens (tertiary/aromatic N) is 2. The molecule has 226 valence electrons. The molecule has 1 unspecified atom stereocenters. The van der Waals surface area contributed by atoms with Crippen LogP contribution in [0.2, 0.25) is 20.1 Å². The highest BCUT2D eigenvalue weighted by Crippen LogP contribution is 2.41. The van der Waals surface area contributed by atoms with E-state index in [1.165, 1.54) is 28.9 Å². The van der Waals surface area contributed by atoms with Crippen molar-refractivity contribution in [2.75, 3.05) is 16.9 Å². The number of rotatable bonds is 8. The van der Waals surface area contributed by atoms with Crippen LogP contribution in [0.5, 0.6) is 5.75 Å². The molecule has 4 aromatic rings. The number of amidine groups is 1. The van der Waals surface area contributed by atoms with E-state index in [0.29, 0.717) is 37.9 Å². The third-order valence-corrected chi connectivity index (χ3v) is 8.95. The molecular weight excluding hydrogens is 662 g/mol. The number of carbonyl (C=O) groups is 2. The van der Waals surface area contributed by atoms with E-state index in [4.69, 9.17) is 56.1 Å². The van der Waals surface area contributed by atoms with Gasteiger partial charge in [-0.15, -0.1) is 11.8 Å². The predicted molar refractivity (Wildman–Crippen MR) is 182 cm³/mol. The van der Waals surface area contributed by atoms with Crippen molar-refractivity contribution in [2.45, 2.75) is 30.9 Å². The number of benzene rings is 4. The van der Waals surface area contributed by atoms with Crippen LogP contribution in [-0.4, -0.2) is 29.5 Å². The molecule has 1 fully saturated rings. The molecule has 0 radical (unpaired) electrons. The van der Waals surface area contributed by atoms with Gasteiger partial charge in [0, 0.05) is 9.92 Å². The van der Waals surface area contributed by atoms with E-state index in [0.717, 1.165) is 16.7 Å². The molecule has 1 heterocycles. The zero-order valence-corrected chi connectivity index (χ0v) is 27.6. The molecule has 1 aliphatic rings. The monoisotopic (exact) mass is 686 g/mol. The van der Waals surface area contributed by atoms with Crippen LogP contribution in [0.25, 0.3) is 0 Å². The van der Waals surface area contributed by atoms with Crippen molar-refractivity contribution in [2.24, 2.45) is 4.99 Å². The second-order valence-electron chi connectivity index (χ2n) is 10.1. The Morgan fingerprint density at radius 3 is 2.34 bits per heavy atom. The standard InChI is InChI=1S/C32H26Cl4N4O3S/c1-17-9-11-26(19(3)12-17)43-16-28(41)37-24-6-4-5-7-27(24)44-30-31(38-25-13-18(2)8-10-21(25)34)39-40(32(30)42)29-22(35)14-20(33)15-23(29)36/h4-15,30H,16H2,1-3H3,(H,37,41)(H,38,39). The fourth-order valence-corrected chi connectivity index (χ4v) is 6.72. The molecule has 0 aliphatic carbocycles. The minimum Gasteiger partial charge on any atom is -0.483 e. The van der Waals surface area contributed by atoms with Gasteiger partial charge in [0.05, 0.1) is 26.4 Å². The van der Waals surface area contributed by atoms with Gasteiger partial charge in [0.25, 0.3) is 11.8 Å². The number of halogens is 4. The van der Waals surface area contributed by atoms with Crippen molar-refractivity contribution in [3.63, 3.8) is 0 Å². The van der Waals surface area contributed by atoms with E-state index < -0.39 is 5.25 Å². The van der Waals surface area contributed by atoms with Gasteiger partial charge in [0.1, 0.15) is 22.5 Å². The summed E-state index contributed by atoms with van der Waals surface area (Å²) in [4.78, 5) is 32.3. The Morgan fingerprint density at radius 1 is 0.932 bits per heavy atom. The van der Waals surface area contributed by atoms with Gasteiger partial charge >= 0.3 is 0 Å². The summed E-state index contributed by atoms with van der Waals surface area (Å²) in [5.41, 5.74) is 7.27. The first-order valence-corrected chi connectivity index (χ1v) is 15.7. The van der Waals surface area contributed by atoms with E-state index in [1.807, 2.05) is 57.2 Å². The molecule has 0 aromatic heterocycles. The maximum absolute atomic E-state index is 14.0. The Kier molecular flexibility index (Phi) is 9.97. The molecule has 7 nitrogen and oxygen atoms in total. The fourth-order valence-electron chi connectivity index (χ4n) is 4.50. The van der Waals surface area contributed by atoms with Gasteiger partial charge in [0.15, 0.2) is 6.61 Å². The van der Waals surface area contributed by atoms with Crippen molar-refractivity contribution in [1.29, 1.82) is 0 Å². The Morgan fingerprint density at radius 2 is 1.61 bits per heavy atom. The number of para-hydroxylation sites is 1. The number of nitrogens with one attached hydrogen (secondary N) is 2. The number of anilines is 2. The number of hydrazine groups is 1. The first-order valence-electron chi connectivity index (χ1n) is 13.4. The Bertz CT molecular complexity index is 1780. The topological polar surface area (TPSA) is 83.0 Å². The van der Waals surface area contributed by atoms with E-state index in [2.05, 4.69) is 10.7 Å². The van der Waals surface area contributed by atoms with E-state index in [-0.39, 0.29) is 34.2 Å². The molecule has 1 saturated heterocycles. The van der Waals surface area contributed by atoms with E-state index >= 15 is 0 Å². The van der Waals surface area contributed by atoms with Gasteiger partial charge < -0.3 is 10.1 Å². The van der Waals surface area contributed by atoms with Gasteiger partial charge in [0.2, 0.25) is 0 Å². The van der Waals surface area contributed by atoms with Crippen LogP contribution in [0.4, 0.5) is 17.1 Å². The molecule has 0 spiro atoms. The quantitative estimate of drug-likeness (QED) is 0.193. The number of aryl methyl sites for hydroxylation is 3. The van der Waals surface area contributed by atoms with Crippen LogP contribution in [0.1, 0.15) is 16.7 Å². The Balaban J connectivity index is 1.44. The molecule has 2 amide bonds. The second kappa shape index (κ2) is 13.7. The van der Waals surface area contributed by atoms with Crippen molar-refractivity contribution in [3.05, 3.63) is 110 Å². The summed E-state index contributed by atoms with van der Waals surface area (Å²) in [6, 6.07) is 21.3. The highest BCUT2D eigenvalue weighted by Gasteiger charge is 2.41. The summed E-state index contributed by atoms with van der Waals surface area (Å²) in [5.74, 6) is 0.193. The van der Waals surface area contributed by atoms with Crippen LogP contribution in [0, 0.1) is 20.8 Å². The second-order valence-corrected chi connectivity index (χ2v) is 12.9. The fraction of sp³-hybridized carbons (Fsp3) is 0.156. The lowest BCUT2D eigenvalue weighted by Gasteiger charge is -2.19. The number of amides is 2. The number of carbonyl (C=O) groups excluding carboxylic acids is 2. The third kappa shape index (κ3) is 7.28. The average Bonchev–Trinajstić information content (AvgIpc) is 3.24. The molecule has 0 saturated carbocycles. The van der Waals surface area contributed by atoms with Gasteiger partial charge in [-0.05, 0) is 74.4 Å². The maximum Gasteiger partial charge on any atom is 0.267 e. The Hall–Kier alpha value is -3.40. The zero-order chi connectivity index (χ0) is 31.5.